The Morgan fingerprint density at radius 3 is 2.35 bits per heavy atom. The molecule has 0 radical (unpaired) electrons. The Hall–Kier alpha value is -1.78. The number of para-hydroxylation sites is 1. The molecule has 3 rings (SSSR count). The van der Waals surface area contributed by atoms with Crippen LogP contribution in [0.15, 0.2) is 54.6 Å². The van der Waals surface area contributed by atoms with E-state index in [2.05, 4.69) is 15.6 Å². The van der Waals surface area contributed by atoms with Gasteiger partial charge in [-0.1, -0.05) is 0 Å². The second-order valence-electron chi connectivity index (χ2n) is 4.99. The first kappa shape index (κ1) is 16.1. The number of nitrogens with zero attached hydrogens (tertiary/aromatic N) is 2. The number of nitro groups is 1. The summed E-state index contributed by atoms with van der Waals surface area (Å²) in [5.74, 6) is 0.0430. The Morgan fingerprint density at radius 1 is 1.13 bits per heavy atom. The van der Waals surface area contributed by atoms with Crippen LogP contribution in [0.2, 0.25) is 0 Å². The van der Waals surface area contributed by atoms with Crippen molar-refractivity contribution in [1.82, 2.24) is 0 Å². The van der Waals surface area contributed by atoms with Gasteiger partial charge in [0.2, 0.25) is 0 Å². The predicted molar refractivity (Wildman–Crippen MR) is 90.9 cm³/mol. The minimum absolute atomic E-state index is 0.0430. The fourth-order valence-electron chi connectivity index (χ4n) is 2.39. The van der Waals surface area contributed by atoms with Crippen molar-refractivity contribution in [2.45, 2.75) is 11.2 Å². The molecule has 2 aromatic rings. The standard InChI is InChI=1S/C16H12N2O3Se2/c19-15-10-14(11-6-8-13(9-7-11)18(20)21)23-16(22)17(15)12-4-2-1-3-5-12/h1-9,14H,10H2. The molecule has 1 amide bonds. The normalized spacial score (nSPS) is 18.1. The minimum atomic E-state index is -0.413. The van der Waals surface area contributed by atoms with Crippen LogP contribution in [0.5, 0.6) is 0 Å². The van der Waals surface area contributed by atoms with Crippen LogP contribution in [0.4, 0.5) is 11.4 Å². The zero-order valence-corrected chi connectivity index (χ0v) is 15.3. The maximum absolute atomic E-state index is 12.6. The fraction of sp³-hybridized carbons (Fsp3) is 0.125. The van der Waals surface area contributed by atoms with Crippen molar-refractivity contribution >= 4 is 51.3 Å². The van der Waals surface area contributed by atoms with Crippen molar-refractivity contribution < 1.29 is 9.72 Å². The van der Waals surface area contributed by atoms with Crippen molar-refractivity contribution in [2.75, 3.05) is 4.90 Å². The van der Waals surface area contributed by atoms with Gasteiger partial charge in [0.05, 0.1) is 0 Å². The molecule has 2 aromatic carbocycles. The molecule has 1 heterocycles. The number of hydrogen-bond donors (Lipinski definition) is 0. The number of carbonyl (C=O) groups excluding carboxylic acids is 1. The van der Waals surface area contributed by atoms with E-state index in [9.17, 15) is 14.9 Å². The third kappa shape index (κ3) is 3.43. The van der Waals surface area contributed by atoms with Crippen LogP contribution in [-0.4, -0.2) is 44.8 Å². The van der Waals surface area contributed by atoms with E-state index in [-0.39, 0.29) is 31.4 Å². The van der Waals surface area contributed by atoms with Gasteiger partial charge in [0.25, 0.3) is 0 Å². The topological polar surface area (TPSA) is 63.4 Å². The molecule has 1 atom stereocenters. The van der Waals surface area contributed by atoms with E-state index >= 15 is 0 Å². The first-order valence-corrected chi connectivity index (χ1v) is 9.59. The van der Waals surface area contributed by atoms with Gasteiger partial charge in [-0.15, -0.1) is 0 Å². The molecule has 0 N–H and O–H groups in total. The first-order valence-electron chi connectivity index (χ1n) is 6.89. The maximum atomic E-state index is 12.6. The molecule has 116 valence electrons. The van der Waals surface area contributed by atoms with E-state index in [0.29, 0.717) is 6.42 Å². The number of amides is 1. The first-order chi connectivity index (χ1) is 11.1. The number of hydrogen-bond acceptors (Lipinski definition) is 3. The monoisotopic (exact) mass is 440 g/mol. The quantitative estimate of drug-likeness (QED) is 0.419. The summed E-state index contributed by atoms with van der Waals surface area (Å²) in [6.45, 7) is 0. The van der Waals surface area contributed by atoms with Crippen molar-refractivity contribution in [2.24, 2.45) is 0 Å². The second-order valence-corrected chi connectivity index (χ2v) is 9.61. The number of rotatable bonds is 3. The Kier molecular flexibility index (Phi) is 4.73. The molecule has 0 aromatic heterocycles. The second kappa shape index (κ2) is 6.77. The van der Waals surface area contributed by atoms with Crippen molar-refractivity contribution in [3.8, 4) is 0 Å². The molecule has 23 heavy (non-hydrogen) atoms. The molecular formula is C16H12N2O3Se2. The zero-order chi connectivity index (χ0) is 16.4. The van der Waals surface area contributed by atoms with Gasteiger partial charge in [-0.05, 0) is 0 Å². The van der Waals surface area contributed by atoms with Gasteiger partial charge >= 0.3 is 147 Å². The summed E-state index contributed by atoms with van der Waals surface area (Å²) in [5.41, 5.74) is 1.92. The van der Waals surface area contributed by atoms with Gasteiger partial charge in [-0.3, -0.25) is 0 Å². The molecule has 5 nitrogen and oxygen atoms in total. The van der Waals surface area contributed by atoms with Crippen LogP contribution in [-0.2, 0) is 4.79 Å². The Bertz CT molecular complexity index is 745. The Morgan fingerprint density at radius 2 is 1.78 bits per heavy atom. The van der Waals surface area contributed by atoms with E-state index in [1.807, 2.05) is 30.3 Å². The van der Waals surface area contributed by atoms with Gasteiger partial charge in [0.1, 0.15) is 0 Å². The van der Waals surface area contributed by atoms with Crippen LogP contribution in [0.25, 0.3) is 0 Å². The summed E-state index contributed by atoms with van der Waals surface area (Å²) in [6, 6.07) is 16.1. The van der Waals surface area contributed by atoms with Gasteiger partial charge in [-0.25, -0.2) is 0 Å². The molecule has 1 saturated heterocycles. The van der Waals surface area contributed by atoms with Crippen molar-refractivity contribution in [3.05, 3.63) is 70.3 Å². The number of benzene rings is 2. The van der Waals surface area contributed by atoms with E-state index < -0.39 is 4.92 Å². The molecule has 1 unspecified atom stereocenters. The molecule has 0 spiro atoms. The molecule has 0 saturated carbocycles. The Balaban J connectivity index is 1.80. The van der Waals surface area contributed by atoms with E-state index in [4.69, 9.17) is 0 Å². The molecule has 0 bridgehead atoms. The summed E-state index contributed by atoms with van der Waals surface area (Å²) >= 11 is 3.10. The molecule has 1 aliphatic rings. The predicted octanol–water partition coefficient (Wildman–Crippen LogP) is 2.03. The van der Waals surface area contributed by atoms with Gasteiger partial charge < -0.3 is 0 Å². The van der Waals surface area contributed by atoms with Gasteiger partial charge in [0, 0.05) is 0 Å². The molecule has 1 aliphatic heterocycles. The fourth-order valence-corrected chi connectivity index (χ4v) is 6.35. The summed E-state index contributed by atoms with van der Waals surface area (Å²) in [7, 11) is 0. The van der Waals surface area contributed by atoms with E-state index in [1.54, 1.807) is 17.0 Å². The van der Waals surface area contributed by atoms with Crippen LogP contribution in [0, 0.1) is 10.1 Å². The summed E-state index contributed by atoms with van der Waals surface area (Å²) < 4.78 is 0.934. The number of carbonyl (C=O) groups is 1. The van der Waals surface area contributed by atoms with Crippen LogP contribution in [0.3, 0.4) is 0 Å². The van der Waals surface area contributed by atoms with E-state index in [0.717, 1.165) is 14.7 Å². The van der Waals surface area contributed by atoms with Crippen molar-refractivity contribution in [1.29, 1.82) is 0 Å². The SMILES string of the molecule is O=C1CC(c2ccc([N+](=O)[O-])cc2)[Se]C(=[Se])N1c1ccccc1. The van der Waals surface area contributed by atoms with Gasteiger partial charge in [0.15, 0.2) is 0 Å². The third-order valence-corrected chi connectivity index (χ3v) is 7.28. The average molecular weight is 438 g/mol. The Labute approximate surface area is 147 Å². The van der Waals surface area contributed by atoms with Crippen LogP contribution < -0.4 is 4.90 Å². The number of anilines is 1. The molecule has 0 aliphatic carbocycles. The summed E-state index contributed by atoms with van der Waals surface area (Å²) in [5, 5.41) is 10.7. The molecule has 7 heteroatoms. The van der Waals surface area contributed by atoms with E-state index in [1.165, 1.54) is 12.1 Å². The molecular weight excluding hydrogens is 426 g/mol. The summed E-state index contributed by atoms with van der Waals surface area (Å²) in [4.78, 5) is 24.7. The van der Waals surface area contributed by atoms with Gasteiger partial charge in [-0.2, -0.15) is 0 Å². The van der Waals surface area contributed by atoms with Crippen LogP contribution >= 0.6 is 0 Å². The zero-order valence-electron chi connectivity index (χ0n) is 11.9. The number of nitro benzene ring substituents is 1. The van der Waals surface area contributed by atoms with Crippen LogP contribution in [0.1, 0.15) is 16.8 Å². The summed E-state index contributed by atoms with van der Waals surface area (Å²) in [6.07, 6.45) is 0.415. The number of non-ortho nitro benzene ring substituents is 1. The molecule has 1 fully saturated rings. The average Bonchev–Trinajstić information content (AvgIpc) is 2.55. The third-order valence-electron chi connectivity index (χ3n) is 3.53. The van der Waals surface area contributed by atoms with Crippen molar-refractivity contribution in [3.63, 3.8) is 0 Å².